The molecule has 2 atom stereocenters. The number of hydrogen-bond donors (Lipinski definition) is 2. The fraction of sp³-hybridized carbons (Fsp3) is 0.556. The number of likely N-dealkylation sites (N-methyl/N-ethyl adjacent to an activating group) is 1. The maximum Gasteiger partial charge on any atom is 0.245 e. The van der Waals surface area contributed by atoms with Crippen LogP contribution in [-0.2, 0) is 22.6 Å². The second-order valence-electron chi connectivity index (χ2n) is 6.66. The van der Waals surface area contributed by atoms with Crippen LogP contribution in [-0.4, -0.2) is 42.4 Å². The molecule has 0 spiro atoms. The summed E-state index contributed by atoms with van der Waals surface area (Å²) in [5.74, 6) is -0.539. The number of benzene rings is 1. The first-order valence-electron chi connectivity index (χ1n) is 8.37. The largest absolute Gasteiger partial charge is 0.343 e. The van der Waals surface area contributed by atoms with E-state index in [0.717, 1.165) is 11.1 Å². The lowest BCUT2D eigenvalue weighted by Gasteiger charge is -2.33. The number of hydrogen-bond acceptors (Lipinski definition) is 3. The van der Waals surface area contributed by atoms with Gasteiger partial charge < -0.3 is 15.5 Å². The maximum absolute atomic E-state index is 13.3. The predicted octanol–water partition coefficient (Wildman–Crippen LogP) is 1.46. The summed E-state index contributed by atoms with van der Waals surface area (Å²) >= 11 is 0. The number of amides is 2. The van der Waals surface area contributed by atoms with Gasteiger partial charge in [-0.2, -0.15) is 0 Å². The van der Waals surface area contributed by atoms with Gasteiger partial charge in [-0.15, -0.1) is 0 Å². The van der Waals surface area contributed by atoms with Gasteiger partial charge in [-0.3, -0.25) is 9.59 Å². The van der Waals surface area contributed by atoms with E-state index in [1.165, 1.54) is 12.1 Å². The minimum absolute atomic E-state index is 0.0138. The van der Waals surface area contributed by atoms with Crippen LogP contribution in [0.3, 0.4) is 0 Å². The van der Waals surface area contributed by atoms with Crippen LogP contribution >= 0.6 is 0 Å². The average molecular weight is 335 g/mol. The monoisotopic (exact) mass is 335 g/mol. The Bertz CT molecular complexity index is 618. The van der Waals surface area contributed by atoms with Gasteiger partial charge in [0.2, 0.25) is 11.8 Å². The first-order chi connectivity index (χ1) is 11.3. The van der Waals surface area contributed by atoms with Gasteiger partial charge >= 0.3 is 0 Å². The molecule has 24 heavy (non-hydrogen) atoms. The minimum atomic E-state index is -0.560. The Balaban J connectivity index is 2.10. The van der Waals surface area contributed by atoms with Gasteiger partial charge in [-0.25, -0.2) is 4.39 Å². The predicted molar refractivity (Wildman–Crippen MR) is 90.8 cm³/mol. The Morgan fingerprint density at radius 3 is 2.54 bits per heavy atom. The fourth-order valence-electron chi connectivity index (χ4n) is 2.83. The van der Waals surface area contributed by atoms with Crippen molar-refractivity contribution in [3.05, 3.63) is 35.1 Å². The van der Waals surface area contributed by atoms with E-state index in [2.05, 4.69) is 10.6 Å². The zero-order valence-electron chi connectivity index (χ0n) is 14.7. The van der Waals surface area contributed by atoms with Crippen molar-refractivity contribution in [3.8, 4) is 0 Å². The Morgan fingerprint density at radius 1 is 1.21 bits per heavy atom. The highest BCUT2D eigenvalue weighted by molar-refractivity contribution is 5.90. The average Bonchev–Trinajstić information content (AvgIpc) is 2.57. The van der Waals surface area contributed by atoms with Crippen molar-refractivity contribution in [1.29, 1.82) is 0 Å². The lowest BCUT2D eigenvalue weighted by molar-refractivity contribution is -0.138. The molecule has 0 aromatic heterocycles. The molecular weight excluding hydrogens is 309 g/mol. The van der Waals surface area contributed by atoms with Gasteiger partial charge in [0, 0.05) is 13.1 Å². The number of nitrogens with zero attached hydrogens (tertiary/aromatic N) is 1. The van der Waals surface area contributed by atoms with Gasteiger partial charge in [-0.1, -0.05) is 19.9 Å². The number of rotatable bonds is 5. The van der Waals surface area contributed by atoms with Crippen LogP contribution in [0, 0.1) is 11.7 Å². The Hall–Kier alpha value is -1.95. The van der Waals surface area contributed by atoms with Crippen LogP contribution in [0.15, 0.2) is 18.2 Å². The minimum Gasteiger partial charge on any atom is -0.343 e. The van der Waals surface area contributed by atoms with Gasteiger partial charge in [0.1, 0.15) is 11.9 Å². The zero-order valence-corrected chi connectivity index (χ0v) is 14.7. The summed E-state index contributed by atoms with van der Waals surface area (Å²) in [7, 11) is 1.71. The first-order valence-corrected chi connectivity index (χ1v) is 8.37. The molecule has 1 aliphatic heterocycles. The van der Waals surface area contributed by atoms with E-state index < -0.39 is 6.04 Å². The van der Waals surface area contributed by atoms with Crippen molar-refractivity contribution in [2.45, 2.75) is 45.8 Å². The molecule has 1 aliphatic rings. The summed E-state index contributed by atoms with van der Waals surface area (Å²) in [6, 6.07) is 3.77. The highest BCUT2D eigenvalue weighted by Gasteiger charge is 2.31. The molecule has 0 saturated heterocycles. The number of carbonyl (C=O) groups excluding carboxylic acids is 2. The smallest absolute Gasteiger partial charge is 0.245 e. The van der Waals surface area contributed by atoms with E-state index in [0.29, 0.717) is 19.5 Å². The van der Waals surface area contributed by atoms with Crippen LogP contribution in [0.2, 0.25) is 0 Å². The summed E-state index contributed by atoms with van der Waals surface area (Å²) in [6.45, 7) is 6.58. The molecule has 0 fully saturated rings. The summed E-state index contributed by atoms with van der Waals surface area (Å²) in [4.78, 5) is 26.8. The Morgan fingerprint density at radius 2 is 1.92 bits per heavy atom. The number of halogens is 1. The van der Waals surface area contributed by atoms with E-state index in [4.69, 9.17) is 0 Å². The molecule has 1 aromatic rings. The fourth-order valence-corrected chi connectivity index (χ4v) is 2.83. The van der Waals surface area contributed by atoms with Crippen molar-refractivity contribution >= 4 is 11.8 Å². The Kier molecular flexibility index (Phi) is 5.94. The SMILES string of the molecule is CN[C@@H](C)C(=O)NC(C(=O)N1CCc2cc(F)ccc2C1)C(C)C. The lowest BCUT2D eigenvalue weighted by atomic mass is 9.97. The number of nitrogens with one attached hydrogen (secondary N) is 2. The van der Waals surface area contributed by atoms with Crippen LogP contribution < -0.4 is 10.6 Å². The van der Waals surface area contributed by atoms with Gasteiger partial charge in [0.15, 0.2) is 0 Å². The molecule has 2 rings (SSSR count). The summed E-state index contributed by atoms with van der Waals surface area (Å²) in [5.41, 5.74) is 1.92. The molecule has 0 radical (unpaired) electrons. The van der Waals surface area contributed by atoms with Crippen LogP contribution in [0.25, 0.3) is 0 Å². The molecule has 132 valence electrons. The van der Waals surface area contributed by atoms with Gasteiger partial charge in [0.25, 0.3) is 0 Å². The lowest BCUT2D eigenvalue weighted by Crippen LogP contribution is -2.55. The molecule has 0 bridgehead atoms. The maximum atomic E-state index is 13.3. The summed E-state index contributed by atoms with van der Waals surface area (Å²) < 4.78 is 13.3. The van der Waals surface area contributed by atoms with E-state index in [-0.39, 0.29) is 29.6 Å². The van der Waals surface area contributed by atoms with Crippen molar-refractivity contribution in [2.24, 2.45) is 5.92 Å². The molecule has 5 nitrogen and oxygen atoms in total. The first kappa shape index (κ1) is 18.4. The van der Waals surface area contributed by atoms with Crippen LogP contribution in [0.4, 0.5) is 4.39 Å². The topological polar surface area (TPSA) is 61.4 Å². The molecule has 2 amide bonds. The molecule has 1 aromatic carbocycles. The quantitative estimate of drug-likeness (QED) is 0.856. The van der Waals surface area contributed by atoms with Crippen molar-refractivity contribution in [3.63, 3.8) is 0 Å². The molecule has 1 heterocycles. The summed E-state index contributed by atoms with van der Waals surface area (Å²) in [6.07, 6.45) is 0.629. The van der Waals surface area contributed by atoms with Crippen LogP contribution in [0.5, 0.6) is 0 Å². The van der Waals surface area contributed by atoms with E-state index in [1.54, 1.807) is 24.9 Å². The molecular formula is C18H26FN3O2. The summed E-state index contributed by atoms with van der Waals surface area (Å²) in [5, 5.41) is 5.72. The van der Waals surface area contributed by atoms with Crippen molar-refractivity contribution < 1.29 is 14.0 Å². The third-order valence-corrected chi connectivity index (χ3v) is 4.55. The second-order valence-corrected chi connectivity index (χ2v) is 6.66. The standard InChI is InChI=1S/C18H26FN3O2/c1-11(2)16(21-17(23)12(3)20-4)18(24)22-8-7-13-9-15(19)6-5-14(13)10-22/h5-6,9,11-12,16,20H,7-8,10H2,1-4H3,(H,21,23)/t12-,16?/m0/s1. The highest BCUT2D eigenvalue weighted by Crippen LogP contribution is 2.21. The molecule has 6 heteroatoms. The van der Waals surface area contributed by atoms with E-state index in [1.807, 2.05) is 13.8 Å². The normalized spacial score (nSPS) is 16.5. The van der Waals surface area contributed by atoms with Crippen molar-refractivity contribution in [1.82, 2.24) is 15.5 Å². The Labute approximate surface area is 142 Å². The molecule has 0 aliphatic carbocycles. The van der Waals surface area contributed by atoms with Gasteiger partial charge in [0.05, 0.1) is 6.04 Å². The van der Waals surface area contributed by atoms with Crippen LogP contribution in [0.1, 0.15) is 31.9 Å². The number of carbonyl (C=O) groups is 2. The zero-order chi connectivity index (χ0) is 17.9. The third-order valence-electron chi connectivity index (χ3n) is 4.55. The van der Waals surface area contributed by atoms with E-state index in [9.17, 15) is 14.0 Å². The second kappa shape index (κ2) is 7.75. The molecule has 1 unspecified atom stereocenters. The van der Waals surface area contributed by atoms with E-state index >= 15 is 0 Å². The van der Waals surface area contributed by atoms with Gasteiger partial charge in [-0.05, 0) is 49.6 Å². The number of fused-ring (bicyclic) bond motifs is 1. The molecule has 2 N–H and O–H groups in total. The molecule has 0 saturated carbocycles. The highest BCUT2D eigenvalue weighted by atomic mass is 19.1. The third kappa shape index (κ3) is 4.12. The van der Waals surface area contributed by atoms with Crippen molar-refractivity contribution in [2.75, 3.05) is 13.6 Å².